The molecule has 3 nitrogen and oxygen atoms in total. The first-order chi connectivity index (χ1) is 12.6. The molecule has 2 heterocycles. The standard InChI is InChI=1S/C21H21F2NO2/c22-15-7-8-19-18(13-15)17-6-3-4-14(21(17)23)12-16-5-1-2-10-24(16)20(25)9-11-26-19/h3-4,6-8,13,16H,1-2,5,9-12H2/t16-/m1/s1. The Morgan fingerprint density at radius 1 is 1.08 bits per heavy atom. The Bertz CT molecular complexity index is 837. The molecule has 0 unspecified atom stereocenters. The van der Waals surface area contributed by atoms with E-state index in [-0.39, 0.29) is 30.8 Å². The molecule has 4 rings (SSSR count). The number of hydrogen-bond acceptors (Lipinski definition) is 2. The van der Waals surface area contributed by atoms with Crippen LogP contribution in [0.15, 0.2) is 36.4 Å². The summed E-state index contributed by atoms with van der Waals surface area (Å²) >= 11 is 0. The lowest BCUT2D eigenvalue weighted by Gasteiger charge is -2.36. The third-order valence-electron chi connectivity index (χ3n) is 5.29. The zero-order chi connectivity index (χ0) is 18.1. The zero-order valence-electron chi connectivity index (χ0n) is 14.5. The molecule has 0 spiro atoms. The van der Waals surface area contributed by atoms with Gasteiger partial charge in [-0.25, -0.2) is 8.78 Å². The fraction of sp³-hybridized carbons (Fsp3) is 0.381. The van der Waals surface area contributed by atoms with E-state index in [1.54, 1.807) is 18.2 Å². The van der Waals surface area contributed by atoms with Crippen LogP contribution in [0.1, 0.15) is 31.2 Å². The summed E-state index contributed by atoms with van der Waals surface area (Å²) in [5.41, 5.74) is 1.28. The lowest BCUT2D eigenvalue weighted by Crippen LogP contribution is -2.45. The Morgan fingerprint density at radius 2 is 1.96 bits per heavy atom. The van der Waals surface area contributed by atoms with Crippen molar-refractivity contribution in [3.63, 3.8) is 0 Å². The molecular weight excluding hydrogens is 336 g/mol. The van der Waals surface area contributed by atoms with Crippen molar-refractivity contribution < 1.29 is 18.3 Å². The highest BCUT2D eigenvalue weighted by Crippen LogP contribution is 2.35. The average molecular weight is 357 g/mol. The maximum absolute atomic E-state index is 15.2. The molecular formula is C21H21F2NO2. The zero-order valence-corrected chi connectivity index (χ0v) is 14.5. The van der Waals surface area contributed by atoms with Crippen LogP contribution >= 0.6 is 0 Å². The maximum Gasteiger partial charge on any atom is 0.226 e. The van der Waals surface area contributed by atoms with Gasteiger partial charge in [0.1, 0.15) is 17.4 Å². The summed E-state index contributed by atoms with van der Waals surface area (Å²) in [7, 11) is 0. The normalized spacial score (nSPS) is 20.3. The van der Waals surface area contributed by atoms with Crippen molar-refractivity contribution in [2.45, 2.75) is 38.1 Å². The molecule has 2 aliphatic heterocycles. The molecule has 1 saturated heterocycles. The molecule has 26 heavy (non-hydrogen) atoms. The van der Waals surface area contributed by atoms with Crippen molar-refractivity contribution in [2.24, 2.45) is 0 Å². The smallest absolute Gasteiger partial charge is 0.226 e. The van der Waals surface area contributed by atoms with Gasteiger partial charge in [0.2, 0.25) is 5.91 Å². The highest BCUT2D eigenvalue weighted by Gasteiger charge is 2.28. The van der Waals surface area contributed by atoms with Crippen LogP contribution in [0, 0.1) is 11.6 Å². The first kappa shape index (κ1) is 17.0. The van der Waals surface area contributed by atoms with E-state index in [0.717, 1.165) is 19.3 Å². The summed E-state index contributed by atoms with van der Waals surface area (Å²) < 4.78 is 34.8. The molecule has 2 aliphatic rings. The number of benzene rings is 2. The summed E-state index contributed by atoms with van der Waals surface area (Å²) in [4.78, 5) is 14.5. The Kier molecular flexibility index (Phi) is 4.62. The van der Waals surface area contributed by atoms with E-state index >= 15 is 4.39 Å². The first-order valence-corrected chi connectivity index (χ1v) is 9.13. The quantitative estimate of drug-likeness (QED) is 0.702. The van der Waals surface area contributed by atoms with E-state index in [4.69, 9.17) is 4.74 Å². The van der Waals surface area contributed by atoms with Crippen LogP contribution in [0.2, 0.25) is 0 Å². The van der Waals surface area contributed by atoms with Gasteiger partial charge in [-0.2, -0.15) is 0 Å². The van der Waals surface area contributed by atoms with Gasteiger partial charge in [0.05, 0.1) is 13.0 Å². The number of piperidine rings is 1. The van der Waals surface area contributed by atoms with Crippen molar-refractivity contribution in [2.75, 3.05) is 13.2 Å². The van der Waals surface area contributed by atoms with E-state index in [9.17, 15) is 9.18 Å². The van der Waals surface area contributed by atoms with E-state index in [1.807, 2.05) is 4.90 Å². The Balaban J connectivity index is 1.82. The number of rotatable bonds is 0. The van der Waals surface area contributed by atoms with E-state index in [1.165, 1.54) is 18.2 Å². The van der Waals surface area contributed by atoms with Crippen molar-refractivity contribution in [3.05, 3.63) is 53.6 Å². The number of halogens is 2. The van der Waals surface area contributed by atoms with Gasteiger partial charge in [0, 0.05) is 23.7 Å². The molecule has 136 valence electrons. The largest absolute Gasteiger partial charge is 0.492 e. The summed E-state index contributed by atoms with van der Waals surface area (Å²) in [5, 5.41) is 0. The maximum atomic E-state index is 15.2. The van der Waals surface area contributed by atoms with Crippen LogP contribution in [0.3, 0.4) is 0 Å². The molecule has 1 atom stereocenters. The molecule has 0 aromatic heterocycles. The van der Waals surface area contributed by atoms with Gasteiger partial charge in [-0.15, -0.1) is 0 Å². The molecule has 0 radical (unpaired) electrons. The minimum absolute atomic E-state index is 0.00686. The lowest BCUT2D eigenvalue weighted by atomic mass is 9.92. The lowest BCUT2D eigenvalue weighted by molar-refractivity contribution is -0.135. The number of carbonyl (C=O) groups excluding carboxylic acids is 1. The SMILES string of the molecule is O=C1CCOc2ccc(F)cc2-c2cccc(c2F)C[C@H]2CCCCN12. The van der Waals surface area contributed by atoms with Crippen LogP contribution in [0.25, 0.3) is 11.1 Å². The van der Waals surface area contributed by atoms with Gasteiger partial charge >= 0.3 is 0 Å². The minimum Gasteiger partial charge on any atom is -0.492 e. The number of fused-ring (bicyclic) bond motifs is 5. The highest BCUT2D eigenvalue weighted by atomic mass is 19.1. The number of hydrogen-bond donors (Lipinski definition) is 0. The number of ether oxygens (including phenoxy) is 1. The summed E-state index contributed by atoms with van der Waals surface area (Å²) in [6.45, 7) is 0.911. The molecule has 5 heteroatoms. The molecule has 2 bridgehead atoms. The molecule has 0 N–H and O–H groups in total. The fourth-order valence-electron chi connectivity index (χ4n) is 3.97. The van der Waals surface area contributed by atoms with Gasteiger partial charge in [-0.05, 0) is 49.4 Å². The van der Waals surface area contributed by atoms with E-state index in [0.29, 0.717) is 35.4 Å². The number of nitrogens with zero attached hydrogens (tertiary/aromatic N) is 1. The molecule has 1 amide bonds. The van der Waals surface area contributed by atoms with Crippen LogP contribution in [-0.2, 0) is 11.2 Å². The predicted octanol–water partition coefficient (Wildman–Crippen LogP) is 4.34. The molecule has 0 saturated carbocycles. The second-order valence-electron chi connectivity index (χ2n) is 6.96. The predicted molar refractivity (Wildman–Crippen MR) is 95.0 cm³/mol. The fourth-order valence-corrected chi connectivity index (χ4v) is 3.97. The summed E-state index contributed by atoms with van der Waals surface area (Å²) in [5.74, 6) is -0.373. The Labute approximate surface area is 151 Å². The first-order valence-electron chi connectivity index (χ1n) is 9.13. The third kappa shape index (κ3) is 3.18. The Morgan fingerprint density at radius 3 is 2.85 bits per heavy atom. The van der Waals surface area contributed by atoms with Crippen LogP contribution < -0.4 is 4.74 Å². The van der Waals surface area contributed by atoms with Crippen LogP contribution in [-0.4, -0.2) is 30.0 Å². The molecule has 0 aliphatic carbocycles. The van der Waals surface area contributed by atoms with Crippen molar-refractivity contribution in [3.8, 4) is 16.9 Å². The van der Waals surface area contributed by atoms with Gasteiger partial charge in [0.25, 0.3) is 0 Å². The summed E-state index contributed by atoms with van der Waals surface area (Å²) in [6, 6.07) is 9.26. The van der Waals surface area contributed by atoms with E-state index in [2.05, 4.69) is 0 Å². The van der Waals surface area contributed by atoms with Crippen molar-refractivity contribution in [1.29, 1.82) is 0 Å². The topological polar surface area (TPSA) is 29.5 Å². The molecule has 2 aromatic carbocycles. The second-order valence-corrected chi connectivity index (χ2v) is 6.96. The monoisotopic (exact) mass is 357 g/mol. The molecule has 1 fully saturated rings. The van der Waals surface area contributed by atoms with Crippen LogP contribution in [0.5, 0.6) is 5.75 Å². The van der Waals surface area contributed by atoms with Gasteiger partial charge in [0.15, 0.2) is 0 Å². The van der Waals surface area contributed by atoms with Gasteiger partial charge in [-0.1, -0.05) is 18.2 Å². The highest BCUT2D eigenvalue weighted by molar-refractivity contribution is 5.77. The second kappa shape index (κ2) is 7.06. The van der Waals surface area contributed by atoms with Crippen molar-refractivity contribution >= 4 is 5.91 Å². The number of carbonyl (C=O) groups is 1. The van der Waals surface area contributed by atoms with Gasteiger partial charge in [-0.3, -0.25) is 4.79 Å². The third-order valence-corrected chi connectivity index (χ3v) is 5.29. The molecule has 2 aromatic rings. The van der Waals surface area contributed by atoms with Crippen LogP contribution in [0.4, 0.5) is 8.78 Å². The van der Waals surface area contributed by atoms with Crippen molar-refractivity contribution in [1.82, 2.24) is 4.90 Å². The average Bonchev–Trinajstić information content (AvgIpc) is 2.64. The summed E-state index contributed by atoms with van der Waals surface area (Å²) in [6.07, 6.45) is 3.65. The Hall–Kier alpha value is -2.43. The minimum atomic E-state index is -0.446. The number of amides is 1. The van der Waals surface area contributed by atoms with E-state index < -0.39 is 5.82 Å². The van der Waals surface area contributed by atoms with Gasteiger partial charge < -0.3 is 9.64 Å².